The van der Waals surface area contributed by atoms with Crippen LogP contribution in [0.5, 0.6) is 0 Å². The van der Waals surface area contributed by atoms with Crippen molar-refractivity contribution < 1.29 is 19.1 Å². The van der Waals surface area contributed by atoms with E-state index in [0.29, 0.717) is 31.5 Å². The summed E-state index contributed by atoms with van der Waals surface area (Å²) in [6.45, 7) is 8.98. The van der Waals surface area contributed by atoms with E-state index in [1.54, 1.807) is 0 Å². The molecule has 0 saturated carbocycles. The summed E-state index contributed by atoms with van der Waals surface area (Å²) in [6, 6.07) is 0. The third-order valence-electron chi connectivity index (χ3n) is 2.57. The van der Waals surface area contributed by atoms with Crippen LogP contribution in [-0.4, -0.2) is 25.2 Å². The van der Waals surface area contributed by atoms with Gasteiger partial charge in [-0.25, -0.2) is 0 Å². The van der Waals surface area contributed by atoms with Crippen LogP contribution in [0.4, 0.5) is 0 Å². The minimum Gasteiger partial charge on any atom is -0.465 e. The van der Waals surface area contributed by atoms with Gasteiger partial charge in [0.2, 0.25) is 0 Å². The van der Waals surface area contributed by atoms with Crippen molar-refractivity contribution in [3.05, 3.63) is 0 Å². The Kier molecular flexibility index (Phi) is 9.33. The molecule has 106 valence electrons. The molecule has 1 atom stereocenters. The minimum atomic E-state index is -0.238. The highest BCUT2D eigenvalue weighted by molar-refractivity contribution is 5.72. The second-order valence-electron chi connectivity index (χ2n) is 5.13. The van der Waals surface area contributed by atoms with Gasteiger partial charge in [0, 0.05) is 12.8 Å². The molecule has 0 heterocycles. The lowest BCUT2D eigenvalue weighted by atomic mass is 10.1. The zero-order chi connectivity index (χ0) is 14.0. The molecular weight excluding hydrogens is 232 g/mol. The number of hydrogen-bond donors (Lipinski definition) is 0. The molecule has 0 aliphatic rings. The first-order valence-corrected chi connectivity index (χ1v) is 6.76. The number of carbonyl (C=O) groups excluding carboxylic acids is 2. The molecule has 0 aromatic rings. The van der Waals surface area contributed by atoms with E-state index in [0.717, 1.165) is 6.42 Å². The SMILES string of the molecule is CCC(C)COC(=O)CCCC(=O)OCC(C)C. The molecule has 4 heteroatoms. The smallest absolute Gasteiger partial charge is 0.305 e. The summed E-state index contributed by atoms with van der Waals surface area (Å²) in [6.07, 6.45) is 2.06. The van der Waals surface area contributed by atoms with E-state index in [2.05, 4.69) is 6.92 Å². The first-order chi connectivity index (χ1) is 8.45. The summed E-state index contributed by atoms with van der Waals surface area (Å²) < 4.78 is 10.1. The summed E-state index contributed by atoms with van der Waals surface area (Å²) >= 11 is 0. The topological polar surface area (TPSA) is 52.6 Å². The molecule has 0 fully saturated rings. The standard InChI is InChI=1S/C14H26O4/c1-5-12(4)10-18-14(16)8-6-7-13(15)17-9-11(2)3/h11-12H,5-10H2,1-4H3. The first-order valence-electron chi connectivity index (χ1n) is 6.76. The Labute approximate surface area is 110 Å². The number of ether oxygens (including phenoxy) is 2. The van der Waals surface area contributed by atoms with Gasteiger partial charge in [0.15, 0.2) is 0 Å². The van der Waals surface area contributed by atoms with E-state index in [4.69, 9.17) is 9.47 Å². The van der Waals surface area contributed by atoms with Gasteiger partial charge in [0.05, 0.1) is 13.2 Å². The van der Waals surface area contributed by atoms with Crippen molar-refractivity contribution in [3.63, 3.8) is 0 Å². The van der Waals surface area contributed by atoms with Gasteiger partial charge < -0.3 is 9.47 Å². The van der Waals surface area contributed by atoms with E-state index >= 15 is 0 Å². The minimum absolute atomic E-state index is 0.230. The van der Waals surface area contributed by atoms with Crippen LogP contribution in [0.15, 0.2) is 0 Å². The maximum atomic E-state index is 11.3. The molecule has 0 aromatic heterocycles. The van der Waals surface area contributed by atoms with Gasteiger partial charge in [-0.15, -0.1) is 0 Å². The predicted molar refractivity (Wildman–Crippen MR) is 70.1 cm³/mol. The van der Waals surface area contributed by atoms with Crippen molar-refractivity contribution >= 4 is 11.9 Å². The van der Waals surface area contributed by atoms with E-state index < -0.39 is 0 Å². The van der Waals surface area contributed by atoms with Gasteiger partial charge in [0.25, 0.3) is 0 Å². The fraction of sp³-hybridized carbons (Fsp3) is 0.857. The van der Waals surface area contributed by atoms with E-state index in [1.807, 2.05) is 20.8 Å². The Morgan fingerprint density at radius 1 is 0.944 bits per heavy atom. The summed E-state index contributed by atoms with van der Waals surface area (Å²) in [5.74, 6) is 0.268. The van der Waals surface area contributed by atoms with Gasteiger partial charge in [-0.1, -0.05) is 34.1 Å². The monoisotopic (exact) mass is 258 g/mol. The van der Waals surface area contributed by atoms with Crippen LogP contribution in [0, 0.1) is 11.8 Å². The van der Waals surface area contributed by atoms with Crippen LogP contribution in [0.2, 0.25) is 0 Å². The van der Waals surface area contributed by atoms with E-state index in [9.17, 15) is 9.59 Å². The van der Waals surface area contributed by atoms with Crippen molar-refractivity contribution in [1.82, 2.24) is 0 Å². The average Bonchev–Trinajstić information content (AvgIpc) is 2.33. The molecule has 4 nitrogen and oxygen atoms in total. The molecule has 0 aliphatic carbocycles. The van der Waals surface area contributed by atoms with Crippen LogP contribution in [0.1, 0.15) is 53.4 Å². The van der Waals surface area contributed by atoms with Crippen LogP contribution in [0.25, 0.3) is 0 Å². The number of hydrogen-bond acceptors (Lipinski definition) is 4. The maximum absolute atomic E-state index is 11.3. The molecular formula is C14H26O4. The van der Waals surface area contributed by atoms with Gasteiger partial charge in [-0.3, -0.25) is 9.59 Å². The first kappa shape index (κ1) is 16.9. The second kappa shape index (κ2) is 9.92. The van der Waals surface area contributed by atoms with Gasteiger partial charge in [-0.2, -0.15) is 0 Å². The lowest BCUT2D eigenvalue weighted by Crippen LogP contribution is -2.13. The Balaban J connectivity index is 3.53. The fourth-order valence-electron chi connectivity index (χ4n) is 1.13. The number of esters is 2. The lowest BCUT2D eigenvalue weighted by molar-refractivity contribution is -0.146. The molecule has 0 spiro atoms. The van der Waals surface area contributed by atoms with Gasteiger partial charge in [0.1, 0.15) is 0 Å². The zero-order valence-corrected chi connectivity index (χ0v) is 12.0. The van der Waals surface area contributed by atoms with Crippen molar-refractivity contribution in [2.24, 2.45) is 11.8 Å². The van der Waals surface area contributed by atoms with Gasteiger partial charge >= 0.3 is 11.9 Å². The lowest BCUT2D eigenvalue weighted by Gasteiger charge is -2.09. The molecule has 0 saturated heterocycles. The quantitative estimate of drug-likeness (QED) is 0.597. The summed E-state index contributed by atoms with van der Waals surface area (Å²) in [5, 5.41) is 0. The molecule has 0 bridgehead atoms. The Hall–Kier alpha value is -1.06. The molecule has 0 amide bonds. The van der Waals surface area contributed by atoms with Crippen LogP contribution in [-0.2, 0) is 19.1 Å². The Morgan fingerprint density at radius 3 is 1.89 bits per heavy atom. The maximum Gasteiger partial charge on any atom is 0.305 e. The van der Waals surface area contributed by atoms with Crippen LogP contribution in [0.3, 0.4) is 0 Å². The third kappa shape index (κ3) is 10.1. The number of rotatable bonds is 9. The normalized spacial score (nSPS) is 12.3. The Morgan fingerprint density at radius 2 is 1.44 bits per heavy atom. The molecule has 0 aromatic carbocycles. The van der Waals surface area contributed by atoms with E-state index in [-0.39, 0.29) is 24.8 Å². The second-order valence-corrected chi connectivity index (χ2v) is 5.13. The highest BCUT2D eigenvalue weighted by Crippen LogP contribution is 2.05. The van der Waals surface area contributed by atoms with E-state index in [1.165, 1.54) is 0 Å². The van der Waals surface area contributed by atoms with Crippen molar-refractivity contribution in [3.8, 4) is 0 Å². The van der Waals surface area contributed by atoms with Crippen LogP contribution >= 0.6 is 0 Å². The molecule has 0 N–H and O–H groups in total. The van der Waals surface area contributed by atoms with Crippen LogP contribution < -0.4 is 0 Å². The van der Waals surface area contributed by atoms with Crippen molar-refractivity contribution in [2.75, 3.05) is 13.2 Å². The zero-order valence-electron chi connectivity index (χ0n) is 12.0. The van der Waals surface area contributed by atoms with Crippen molar-refractivity contribution in [2.45, 2.75) is 53.4 Å². The summed E-state index contributed by atoms with van der Waals surface area (Å²) in [4.78, 5) is 22.6. The largest absolute Gasteiger partial charge is 0.465 e. The van der Waals surface area contributed by atoms with Gasteiger partial charge in [-0.05, 0) is 18.3 Å². The molecule has 1 unspecified atom stereocenters. The molecule has 0 radical (unpaired) electrons. The molecule has 0 aliphatic heterocycles. The molecule has 0 rings (SSSR count). The Bertz CT molecular complexity index is 248. The van der Waals surface area contributed by atoms with Crippen molar-refractivity contribution in [1.29, 1.82) is 0 Å². The predicted octanol–water partition coefficient (Wildman–Crippen LogP) is 2.95. The fourth-order valence-corrected chi connectivity index (χ4v) is 1.13. The third-order valence-corrected chi connectivity index (χ3v) is 2.57. The average molecular weight is 258 g/mol. The highest BCUT2D eigenvalue weighted by atomic mass is 16.5. The summed E-state index contributed by atoms with van der Waals surface area (Å²) in [7, 11) is 0. The summed E-state index contributed by atoms with van der Waals surface area (Å²) in [5.41, 5.74) is 0. The number of carbonyl (C=O) groups is 2. The highest BCUT2D eigenvalue weighted by Gasteiger charge is 2.09. The molecule has 18 heavy (non-hydrogen) atoms.